The second-order valence-electron chi connectivity index (χ2n) is 29.6. The summed E-state index contributed by atoms with van der Waals surface area (Å²) >= 11 is 0. The van der Waals surface area contributed by atoms with Crippen LogP contribution in [0.1, 0.15) is 121 Å². The van der Waals surface area contributed by atoms with Crippen molar-refractivity contribution >= 4 is 11.9 Å². The van der Waals surface area contributed by atoms with E-state index in [9.17, 15) is 81.4 Å². The van der Waals surface area contributed by atoms with Gasteiger partial charge >= 0.3 is 11.9 Å². The van der Waals surface area contributed by atoms with Crippen LogP contribution in [0.3, 0.4) is 0 Å². The molecule has 4 saturated carbocycles. The number of rotatable bonds is 15. The Kier molecular flexibility index (Phi) is 20.6. The highest BCUT2D eigenvalue weighted by Gasteiger charge is 2.73. The predicted molar refractivity (Wildman–Crippen MR) is 308 cm³/mol. The Morgan fingerprint density at radius 1 is 0.549 bits per heavy atom. The van der Waals surface area contributed by atoms with Crippen molar-refractivity contribution in [1.29, 1.82) is 0 Å². The molecule has 10 rings (SSSR count). The molecule has 0 aromatic heterocycles. The van der Waals surface area contributed by atoms with E-state index < -0.39 is 230 Å². The van der Waals surface area contributed by atoms with Gasteiger partial charge < -0.3 is 129 Å². The number of carbonyl (C=O) groups is 2. The third-order valence-electron chi connectivity index (χ3n) is 23.7. The molecule has 10 aliphatic rings. The third-order valence-corrected chi connectivity index (χ3v) is 23.7. The summed E-state index contributed by atoms with van der Waals surface area (Å²) in [6.45, 7) is 16.5. The summed E-state index contributed by atoms with van der Waals surface area (Å²) in [4.78, 5) is 28.8. The summed E-state index contributed by atoms with van der Waals surface area (Å²) < 4.78 is 66.0. The van der Waals surface area contributed by atoms with Crippen molar-refractivity contribution in [2.24, 2.45) is 50.2 Å². The third kappa shape index (κ3) is 11.9. The van der Waals surface area contributed by atoms with E-state index in [1.165, 1.54) is 26.8 Å². The molecular weight excluding hydrogens is 1200 g/mol. The smallest absolute Gasteiger partial charge is 0.330 e. The number of ether oxygens (including phenoxy) is 11. The maximum Gasteiger partial charge on any atom is 0.330 e. The van der Waals surface area contributed by atoms with E-state index in [1.54, 1.807) is 6.92 Å². The molecule has 0 radical (unpaired) electrons. The predicted octanol–water partition coefficient (Wildman–Crippen LogP) is -2.45. The van der Waals surface area contributed by atoms with Crippen molar-refractivity contribution in [1.82, 2.24) is 0 Å². The number of allylic oxidation sites excluding steroid dienone is 3. The summed E-state index contributed by atoms with van der Waals surface area (Å²) in [6, 6.07) is 0. The molecule has 28 heteroatoms. The van der Waals surface area contributed by atoms with E-state index in [0.29, 0.717) is 32.1 Å². The molecular formula is C63H100O28. The van der Waals surface area contributed by atoms with Crippen molar-refractivity contribution < 1.29 is 138 Å². The van der Waals surface area contributed by atoms with Gasteiger partial charge in [-0.15, -0.1) is 0 Å². The zero-order valence-corrected chi connectivity index (χ0v) is 53.3. The van der Waals surface area contributed by atoms with Gasteiger partial charge in [0.15, 0.2) is 37.4 Å². The minimum absolute atomic E-state index is 0.0968. The van der Waals surface area contributed by atoms with E-state index in [-0.39, 0.29) is 36.5 Å². The molecule has 0 aromatic carbocycles. The first-order chi connectivity index (χ1) is 42.6. The second-order valence-corrected chi connectivity index (χ2v) is 29.6. The van der Waals surface area contributed by atoms with Gasteiger partial charge in [-0.3, -0.25) is 4.79 Å². The minimum Gasteiger partial charge on any atom is -0.454 e. The molecule has 0 spiro atoms. The number of aliphatic hydroxyl groups is 15. The lowest BCUT2D eigenvalue weighted by Crippen LogP contribution is -2.70. The average Bonchev–Trinajstić information content (AvgIpc) is 0.959. The van der Waals surface area contributed by atoms with Crippen LogP contribution in [-0.4, -0.2) is 274 Å². The Balaban J connectivity index is 0.896. The van der Waals surface area contributed by atoms with Crippen molar-refractivity contribution in [3.05, 3.63) is 23.8 Å². The summed E-state index contributed by atoms with van der Waals surface area (Å²) in [5.41, 5.74) is -4.19. The Bertz CT molecular complexity index is 2630. The van der Waals surface area contributed by atoms with Crippen LogP contribution in [-0.2, 0) is 61.7 Å². The molecule has 520 valence electrons. The van der Waals surface area contributed by atoms with Gasteiger partial charge in [0.2, 0.25) is 6.29 Å². The van der Waals surface area contributed by atoms with E-state index in [0.717, 1.165) is 11.6 Å². The maximum absolute atomic E-state index is 15.8. The van der Waals surface area contributed by atoms with Crippen molar-refractivity contribution in [2.75, 3.05) is 19.8 Å². The Labute approximate surface area is 528 Å². The molecule has 9 fully saturated rings. The molecule has 15 N–H and O–H groups in total. The van der Waals surface area contributed by atoms with Crippen LogP contribution < -0.4 is 0 Å². The first kappa shape index (κ1) is 71.2. The van der Waals surface area contributed by atoms with Crippen LogP contribution in [0, 0.1) is 50.2 Å². The highest BCUT2D eigenvalue weighted by atomic mass is 16.8. The highest BCUT2D eigenvalue weighted by molar-refractivity contribution is 5.82. The molecule has 5 aliphatic carbocycles. The lowest BCUT2D eigenvalue weighted by atomic mass is 9.33. The molecule has 35 unspecified atom stereocenters. The van der Waals surface area contributed by atoms with Crippen molar-refractivity contribution in [2.45, 2.75) is 286 Å². The van der Waals surface area contributed by atoms with E-state index in [4.69, 9.17) is 52.1 Å². The van der Waals surface area contributed by atoms with Gasteiger partial charge in [0.05, 0.1) is 56.4 Å². The standard InChI is InChI=1S/C63H100O28/c1-11-12-36(69)86-48-27(4)83-56(50(45(48)78)89-53-44(77)41(74)47(26(3)82-53)87-55-46(79)49(32(23-65)85-55)88-52-42(75)39(72)37(70)25(2)81-52)91-57(80)63-18-17-58(5,6)19-29(63)28-13-14-34-59(7)20-30(67)51(90-54-43(76)40(73)38(71)31(22-64)84-54)60(8,24-66)33(59)15-16-61(34,9)62(28,10)21-35(63)68/h11-13,25-27,29-35,37-56,64-68,70-79H,14-24H2,1-10H3. The van der Waals surface area contributed by atoms with Gasteiger partial charge in [-0.1, -0.05) is 59.3 Å². The second kappa shape index (κ2) is 26.4. The molecule has 5 aliphatic heterocycles. The van der Waals surface area contributed by atoms with Gasteiger partial charge in [-0.05, 0) is 118 Å². The number of esters is 2. The zero-order valence-electron chi connectivity index (χ0n) is 53.3. The fourth-order valence-electron chi connectivity index (χ4n) is 18.4. The Morgan fingerprint density at radius 2 is 1.11 bits per heavy atom. The highest BCUT2D eigenvalue weighted by Crippen LogP contribution is 2.76. The van der Waals surface area contributed by atoms with E-state index in [2.05, 4.69) is 40.7 Å². The lowest BCUT2D eigenvalue weighted by Gasteiger charge is -2.72. The van der Waals surface area contributed by atoms with Crippen LogP contribution >= 0.6 is 0 Å². The van der Waals surface area contributed by atoms with E-state index in [1.807, 2.05) is 6.92 Å². The Hall–Kier alpha value is -2.54. The van der Waals surface area contributed by atoms with Crippen molar-refractivity contribution in [3.63, 3.8) is 0 Å². The fourth-order valence-corrected chi connectivity index (χ4v) is 18.4. The largest absolute Gasteiger partial charge is 0.454 e. The number of carbonyl (C=O) groups excluding carboxylic acids is 2. The number of hydrogen-bond donors (Lipinski definition) is 15. The van der Waals surface area contributed by atoms with Gasteiger partial charge in [0.1, 0.15) is 90.9 Å². The lowest BCUT2D eigenvalue weighted by molar-refractivity contribution is -0.367. The topological polar surface area (TPSA) is 439 Å². The summed E-state index contributed by atoms with van der Waals surface area (Å²) in [5.74, 6) is -2.81. The first-order valence-corrected chi connectivity index (χ1v) is 32.3. The van der Waals surface area contributed by atoms with Crippen LogP contribution in [0.4, 0.5) is 0 Å². The van der Waals surface area contributed by atoms with Gasteiger partial charge in [0.25, 0.3) is 0 Å². The zero-order chi connectivity index (χ0) is 66.7. The molecule has 28 nitrogen and oxygen atoms in total. The van der Waals surface area contributed by atoms with Gasteiger partial charge in [-0.2, -0.15) is 0 Å². The number of hydrogen-bond acceptors (Lipinski definition) is 28. The summed E-state index contributed by atoms with van der Waals surface area (Å²) in [6.07, 6.45) is -34.4. The van der Waals surface area contributed by atoms with Crippen LogP contribution in [0.2, 0.25) is 0 Å². The quantitative estimate of drug-likeness (QED) is 0.0350. The normalized spacial score (nSPS) is 53.9. The van der Waals surface area contributed by atoms with Crippen molar-refractivity contribution in [3.8, 4) is 0 Å². The van der Waals surface area contributed by atoms with Crippen LogP contribution in [0.15, 0.2) is 23.8 Å². The molecule has 91 heavy (non-hydrogen) atoms. The van der Waals surface area contributed by atoms with E-state index >= 15 is 4.79 Å². The molecule has 35 atom stereocenters. The maximum atomic E-state index is 15.8. The van der Waals surface area contributed by atoms with Crippen LogP contribution in [0.5, 0.6) is 0 Å². The molecule has 0 aromatic rings. The van der Waals surface area contributed by atoms with Gasteiger partial charge in [-0.25, -0.2) is 4.79 Å². The molecule has 5 heterocycles. The summed E-state index contributed by atoms with van der Waals surface area (Å²) in [7, 11) is 0. The average molecular weight is 1310 g/mol. The Morgan fingerprint density at radius 3 is 1.75 bits per heavy atom. The van der Waals surface area contributed by atoms with Crippen LogP contribution in [0.25, 0.3) is 0 Å². The monoisotopic (exact) mass is 1300 g/mol. The first-order valence-electron chi connectivity index (χ1n) is 32.3. The SMILES string of the molecule is CC=CC(=O)OC1C(C)OC(OC(=O)C23CCC(C)(C)CC2C2=CCC4C5(C)CC(O)C(OC6OC(CO)C(O)C(O)C6O)C(C)(CO)C5CCC4(C)C2(C)CC3O)C(OC2OC(C)C(OC3OC(CO)C(OC4OC(C)C(O)C(O)C4O)C3O)C(O)C2O)C1O. The number of aliphatic hydroxyl groups excluding tert-OH is 15. The summed E-state index contributed by atoms with van der Waals surface area (Å²) in [5, 5.41) is 168. The van der Waals surface area contributed by atoms with Gasteiger partial charge in [0, 0.05) is 11.5 Å². The fraction of sp³-hybridized carbons (Fsp3) is 0.905. The molecule has 0 amide bonds. The molecule has 0 bridgehead atoms. The number of fused-ring (bicyclic) bond motifs is 7. The molecule has 5 saturated heterocycles. The minimum atomic E-state index is -2.03.